The van der Waals surface area contributed by atoms with Gasteiger partial charge in [0.2, 0.25) is 0 Å². The lowest BCUT2D eigenvalue weighted by atomic mass is 10.1. The van der Waals surface area contributed by atoms with Crippen LogP contribution >= 0.6 is 0 Å². The van der Waals surface area contributed by atoms with Crippen molar-refractivity contribution in [3.63, 3.8) is 0 Å². The number of ether oxygens (including phenoxy) is 2. The Hall–Kier alpha value is -2.79. The van der Waals surface area contributed by atoms with Crippen molar-refractivity contribution in [3.05, 3.63) is 64.7 Å². The first-order chi connectivity index (χ1) is 13.0. The molecule has 0 aromatic heterocycles. The molecule has 0 unspecified atom stereocenters. The Bertz CT molecular complexity index is 796. The van der Waals surface area contributed by atoms with Gasteiger partial charge in [0.05, 0.1) is 14.2 Å². The second-order valence-corrected chi connectivity index (χ2v) is 6.54. The number of carbonyl (C=O) groups is 1. The van der Waals surface area contributed by atoms with Crippen LogP contribution in [0, 0.1) is 0 Å². The highest BCUT2D eigenvalue weighted by Crippen LogP contribution is 2.33. The molecule has 0 aliphatic heterocycles. The zero-order chi connectivity index (χ0) is 19.8. The molecule has 1 amide bonds. The van der Waals surface area contributed by atoms with E-state index >= 15 is 0 Å². The third-order valence-corrected chi connectivity index (χ3v) is 4.09. The lowest BCUT2D eigenvalue weighted by Gasteiger charge is -2.14. The fourth-order valence-corrected chi connectivity index (χ4v) is 2.84. The molecule has 27 heavy (non-hydrogen) atoms. The normalized spacial score (nSPS) is 11.0. The maximum Gasteiger partial charge on any atom is 0.251 e. The maximum atomic E-state index is 12.6. The summed E-state index contributed by atoms with van der Waals surface area (Å²) < 4.78 is 10.8. The number of nitrogens with zero attached hydrogens (tertiary/aromatic N) is 1. The standard InChI is InChI=1S/C22H28N2O3/c1-6-7-18-12-19(13-20(26-4)21(18)27-5)22(25)23-14-16-8-10-17(11-9-16)15-24(2)3/h6-13H,14-15H2,1-5H3,(H,23,25)/b7-6+. The molecule has 2 aromatic carbocycles. The number of rotatable bonds is 8. The van der Waals surface area contributed by atoms with Crippen molar-refractivity contribution < 1.29 is 14.3 Å². The average molecular weight is 368 g/mol. The van der Waals surface area contributed by atoms with Crippen LogP contribution in [0.25, 0.3) is 6.08 Å². The van der Waals surface area contributed by atoms with Gasteiger partial charge in [-0.15, -0.1) is 0 Å². The van der Waals surface area contributed by atoms with Gasteiger partial charge in [-0.2, -0.15) is 0 Å². The Kier molecular flexibility index (Phi) is 7.44. The minimum absolute atomic E-state index is 0.154. The molecular weight excluding hydrogens is 340 g/mol. The second-order valence-electron chi connectivity index (χ2n) is 6.54. The summed E-state index contributed by atoms with van der Waals surface area (Å²) in [6, 6.07) is 11.8. The fourth-order valence-electron chi connectivity index (χ4n) is 2.84. The van der Waals surface area contributed by atoms with Crippen LogP contribution in [0.3, 0.4) is 0 Å². The molecule has 1 N–H and O–H groups in total. The van der Waals surface area contributed by atoms with Crippen LogP contribution in [0.15, 0.2) is 42.5 Å². The maximum absolute atomic E-state index is 12.6. The summed E-state index contributed by atoms with van der Waals surface area (Å²) in [5.41, 5.74) is 3.63. The number of methoxy groups -OCH3 is 2. The third kappa shape index (κ3) is 5.59. The monoisotopic (exact) mass is 368 g/mol. The topological polar surface area (TPSA) is 50.8 Å². The van der Waals surface area contributed by atoms with Gasteiger partial charge in [-0.05, 0) is 44.3 Å². The average Bonchev–Trinajstić information content (AvgIpc) is 2.66. The van der Waals surface area contributed by atoms with Crippen LogP contribution in [0.5, 0.6) is 11.5 Å². The van der Waals surface area contributed by atoms with Crippen molar-refractivity contribution in [3.8, 4) is 11.5 Å². The van der Waals surface area contributed by atoms with E-state index in [-0.39, 0.29) is 5.91 Å². The number of hydrogen-bond acceptors (Lipinski definition) is 4. The van der Waals surface area contributed by atoms with Crippen LogP contribution in [-0.2, 0) is 13.1 Å². The van der Waals surface area contributed by atoms with Gasteiger partial charge >= 0.3 is 0 Å². The summed E-state index contributed by atoms with van der Waals surface area (Å²) in [5.74, 6) is 0.994. The zero-order valence-electron chi connectivity index (χ0n) is 16.7. The fraction of sp³-hybridized carbons (Fsp3) is 0.318. The number of hydrogen-bond donors (Lipinski definition) is 1. The van der Waals surface area contributed by atoms with Crippen LogP contribution in [0.4, 0.5) is 0 Å². The minimum atomic E-state index is -0.154. The highest BCUT2D eigenvalue weighted by molar-refractivity contribution is 5.95. The third-order valence-electron chi connectivity index (χ3n) is 4.09. The van der Waals surface area contributed by atoms with Crippen molar-refractivity contribution in [2.24, 2.45) is 0 Å². The molecule has 0 saturated heterocycles. The highest BCUT2D eigenvalue weighted by Gasteiger charge is 2.15. The summed E-state index contributed by atoms with van der Waals surface area (Å²) >= 11 is 0. The molecule has 5 nitrogen and oxygen atoms in total. The van der Waals surface area contributed by atoms with Crippen LogP contribution in [0.2, 0.25) is 0 Å². The second kappa shape index (κ2) is 9.78. The number of carbonyl (C=O) groups excluding carboxylic acids is 1. The smallest absolute Gasteiger partial charge is 0.251 e. The van der Waals surface area contributed by atoms with E-state index < -0.39 is 0 Å². The Morgan fingerprint density at radius 3 is 2.30 bits per heavy atom. The van der Waals surface area contributed by atoms with Gasteiger partial charge in [0.1, 0.15) is 0 Å². The lowest BCUT2D eigenvalue weighted by molar-refractivity contribution is 0.0950. The predicted octanol–water partition coefficient (Wildman–Crippen LogP) is 3.73. The summed E-state index contributed by atoms with van der Waals surface area (Å²) in [5, 5.41) is 2.96. The molecule has 0 bridgehead atoms. The predicted molar refractivity (Wildman–Crippen MR) is 109 cm³/mol. The molecule has 0 aliphatic rings. The molecule has 0 saturated carbocycles. The largest absolute Gasteiger partial charge is 0.493 e. The molecular formula is C22H28N2O3. The molecule has 2 rings (SSSR count). The highest BCUT2D eigenvalue weighted by atomic mass is 16.5. The number of amides is 1. The van der Waals surface area contributed by atoms with E-state index in [1.807, 2.05) is 45.3 Å². The van der Waals surface area contributed by atoms with E-state index in [1.54, 1.807) is 26.4 Å². The Balaban J connectivity index is 2.12. The van der Waals surface area contributed by atoms with E-state index in [0.717, 1.165) is 17.7 Å². The van der Waals surface area contributed by atoms with Gasteiger partial charge in [-0.25, -0.2) is 0 Å². The summed E-state index contributed by atoms with van der Waals surface area (Å²) in [4.78, 5) is 14.7. The SMILES string of the molecule is C/C=C/c1cc(C(=O)NCc2ccc(CN(C)C)cc2)cc(OC)c1OC. The van der Waals surface area contributed by atoms with Crippen molar-refractivity contribution in [2.75, 3.05) is 28.3 Å². The summed E-state index contributed by atoms with van der Waals surface area (Å²) in [6.07, 6.45) is 3.79. The summed E-state index contributed by atoms with van der Waals surface area (Å²) in [6.45, 7) is 3.28. The molecule has 0 heterocycles. The van der Waals surface area contributed by atoms with E-state index in [2.05, 4.69) is 22.3 Å². The first-order valence-corrected chi connectivity index (χ1v) is 8.88. The number of allylic oxidation sites excluding steroid dienone is 1. The number of benzene rings is 2. The van der Waals surface area contributed by atoms with Crippen molar-refractivity contribution in [2.45, 2.75) is 20.0 Å². The molecule has 5 heteroatoms. The van der Waals surface area contributed by atoms with Crippen molar-refractivity contribution in [1.82, 2.24) is 10.2 Å². The van der Waals surface area contributed by atoms with Crippen molar-refractivity contribution in [1.29, 1.82) is 0 Å². The molecule has 0 spiro atoms. The molecule has 0 aliphatic carbocycles. The van der Waals surface area contributed by atoms with Crippen LogP contribution < -0.4 is 14.8 Å². The van der Waals surface area contributed by atoms with Gasteiger partial charge in [0.25, 0.3) is 5.91 Å². The van der Waals surface area contributed by atoms with Crippen LogP contribution in [0.1, 0.15) is 34.0 Å². The molecule has 144 valence electrons. The van der Waals surface area contributed by atoms with Gasteiger partial charge in [0, 0.05) is 24.2 Å². The van der Waals surface area contributed by atoms with Crippen LogP contribution in [-0.4, -0.2) is 39.1 Å². The summed E-state index contributed by atoms with van der Waals surface area (Å²) in [7, 11) is 7.23. The minimum Gasteiger partial charge on any atom is -0.493 e. The molecule has 0 fully saturated rings. The zero-order valence-corrected chi connectivity index (χ0v) is 16.7. The molecule has 0 radical (unpaired) electrons. The molecule has 0 atom stereocenters. The van der Waals surface area contributed by atoms with E-state index in [9.17, 15) is 4.79 Å². The Morgan fingerprint density at radius 2 is 1.74 bits per heavy atom. The van der Waals surface area contributed by atoms with Crippen molar-refractivity contribution >= 4 is 12.0 Å². The Morgan fingerprint density at radius 1 is 1.07 bits per heavy atom. The first-order valence-electron chi connectivity index (χ1n) is 8.88. The van der Waals surface area contributed by atoms with E-state index in [4.69, 9.17) is 9.47 Å². The van der Waals surface area contributed by atoms with Gasteiger partial charge in [-0.1, -0.05) is 36.4 Å². The van der Waals surface area contributed by atoms with Gasteiger partial charge in [-0.3, -0.25) is 4.79 Å². The van der Waals surface area contributed by atoms with E-state index in [0.29, 0.717) is 23.6 Å². The van der Waals surface area contributed by atoms with E-state index in [1.165, 1.54) is 5.56 Å². The lowest BCUT2D eigenvalue weighted by Crippen LogP contribution is -2.23. The Labute approximate surface area is 161 Å². The van der Waals surface area contributed by atoms with Gasteiger partial charge < -0.3 is 19.7 Å². The quantitative estimate of drug-likeness (QED) is 0.771. The first kappa shape index (κ1) is 20.5. The molecule has 2 aromatic rings. The van der Waals surface area contributed by atoms with Gasteiger partial charge in [0.15, 0.2) is 11.5 Å². The number of nitrogens with one attached hydrogen (secondary N) is 1.